The largest absolute Gasteiger partial charge is 0.465 e. The number of hydrogen-bond acceptors (Lipinski definition) is 4. The Balaban J connectivity index is 2.76. The summed E-state index contributed by atoms with van der Waals surface area (Å²) < 4.78 is 5.55. The van der Waals surface area contributed by atoms with E-state index in [1.807, 2.05) is 27.7 Å². The van der Waals surface area contributed by atoms with Crippen LogP contribution in [0.3, 0.4) is 0 Å². The van der Waals surface area contributed by atoms with Gasteiger partial charge in [-0.05, 0) is 63.2 Å². The maximum absolute atomic E-state index is 13.5. The number of carbonyl (C=O) groups excluding carboxylic acids is 1. The van der Waals surface area contributed by atoms with Gasteiger partial charge >= 0.3 is 5.97 Å². The van der Waals surface area contributed by atoms with Gasteiger partial charge in [0.15, 0.2) is 0 Å². The molecule has 2 saturated carbocycles. The SMILES string of the molecule is CCOC(=O)C(C(O)(CC)CC)(C(O)(CC)CC)C12CCCC1C2. The van der Waals surface area contributed by atoms with E-state index in [9.17, 15) is 15.0 Å². The average molecular weight is 341 g/mol. The molecular weight excluding hydrogens is 304 g/mol. The van der Waals surface area contributed by atoms with E-state index < -0.39 is 16.6 Å². The molecule has 2 rings (SSSR count). The normalized spacial score (nSPS) is 27.0. The fourth-order valence-corrected chi connectivity index (χ4v) is 6.12. The molecule has 0 aromatic carbocycles. The van der Waals surface area contributed by atoms with Gasteiger partial charge in [0.25, 0.3) is 0 Å². The van der Waals surface area contributed by atoms with Crippen molar-refractivity contribution >= 4 is 5.97 Å². The lowest BCUT2D eigenvalue weighted by Crippen LogP contribution is -2.70. The lowest BCUT2D eigenvalue weighted by atomic mass is 9.49. The van der Waals surface area contributed by atoms with Crippen LogP contribution in [0.25, 0.3) is 0 Å². The van der Waals surface area contributed by atoms with E-state index in [4.69, 9.17) is 4.74 Å². The minimum atomic E-state index is -1.25. The molecule has 2 aliphatic carbocycles. The minimum Gasteiger partial charge on any atom is -0.465 e. The molecule has 2 aliphatic rings. The molecule has 0 aromatic rings. The van der Waals surface area contributed by atoms with Gasteiger partial charge in [0.1, 0.15) is 5.41 Å². The van der Waals surface area contributed by atoms with Crippen molar-refractivity contribution in [1.82, 2.24) is 0 Å². The Morgan fingerprint density at radius 1 is 1.04 bits per heavy atom. The van der Waals surface area contributed by atoms with E-state index in [0.717, 1.165) is 25.7 Å². The van der Waals surface area contributed by atoms with E-state index in [0.29, 0.717) is 31.6 Å². The van der Waals surface area contributed by atoms with E-state index >= 15 is 0 Å². The Morgan fingerprint density at radius 3 is 1.83 bits per heavy atom. The molecule has 0 radical (unpaired) electrons. The van der Waals surface area contributed by atoms with Gasteiger partial charge in [0.2, 0.25) is 0 Å². The molecule has 4 nitrogen and oxygen atoms in total. The molecule has 2 atom stereocenters. The summed E-state index contributed by atoms with van der Waals surface area (Å²) in [5, 5.41) is 23.5. The Kier molecular flexibility index (Phi) is 5.42. The zero-order valence-electron chi connectivity index (χ0n) is 16.2. The molecule has 0 aromatic heterocycles. The van der Waals surface area contributed by atoms with Gasteiger partial charge in [-0.1, -0.05) is 34.1 Å². The number of hydrogen-bond donors (Lipinski definition) is 2. The standard InChI is InChI=1S/C20H36O4/c1-6-18(22,7-2)20(16(21)24-10-5,19(23,8-3)9-4)17-13-11-12-15(17)14-17/h15,22-23H,6-14H2,1-5H3. The Bertz CT molecular complexity index is 437. The molecule has 2 N–H and O–H groups in total. The molecule has 4 heteroatoms. The summed E-state index contributed by atoms with van der Waals surface area (Å²) in [4.78, 5) is 13.5. The van der Waals surface area contributed by atoms with Crippen LogP contribution in [0.2, 0.25) is 0 Å². The number of rotatable bonds is 9. The van der Waals surface area contributed by atoms with Crippen LogP contribution in [-0.2, 0) is 9.53 Å². The third kappa shape index (κ3) is 2.21. The second kappa shape index (κ2) is 6.60. The van der Waals surface area contributed by atoms with Crippen molar-refractivity contribution in [2.75, 3.05) is 6.61 Å². The summed E-state index contributed by atoms with van der Waals surface area (Å²) in [5.74, 6) is 0.0444. The van der Waals surface area contributed by atoms with Crippen molar-refractivity contribution in [2.24, 2.45) is 16.7 Å². The number of carbonyl (C=O) groups is 1. The molecule has 0 saturated heterocycles. The second-order valence-corrected chi connectivity index (χ2v) is 7.90. The van der Waals surface area contributed by atoms with Crippen LogP contribution < -0.4 is 0 Å². The van der Waals surface area contributed by atoms with Crippen LogP contribution in [0, 0.1) is 16.7 Å². The first kappa shape index (κ1) is 19.7. The highest BCUT2D eigenvalue weighted by atomic mass is 16.5. The number of ether oxygens (including phenoxy) is 1. The molecule has 2 fully saturated rings. The maximum Gasteiger partial charge on any atom is 0.318 e. The summed E-state index contributed by atoms with van der Waals surface area (Å²) in [6.07, 6.45) is 5.76. The first-order valence-electron chi connectivity index (χ1n) is 9.91. The van der Waals surface area contributed by atoms with Crippen molar-refractivity contribution in [2.45, 2.75) is 97.2 Å². The molecule has 0 spiro atoms. The molecule has 24 heavy (non-hydrogen) atoms. The van der Waals surface area contributed by atoms with E-state index in [-0.39, 0.29) is 18.0 Å². The zero-order valence-corrected chi connectivity index (χ0v) is 16.2. The summed E-state index contributed by atoms with van der Waals surface area (Å²) in [5.41, 5.74) is -4.05. The zero-order chi connectivity index (χ0) is 18.2. The van der Waals surface area contributed by atoms with Crippen molar-refractivity contribution in [1.29, 1.82) is 0 Å². The van der Waals surface area contributed by atoms with Crippen LogP contribution in [0.5, 0.6) is 0 Å². The van der Waals surface area contributed by atoms with Crippen LogP contribution in [0.4, 0.5) is 0 Å². The van der Waals surface area contributed by atoms with E-state index in [2.05, 4.69) is 0 Å². The fraction of sp³-hybridized carbons (Fsp3) is 0.950. The van der Waals surface area contributed by atoms with Crippen molar-refractivity contribution in [3.63, 3.8) is 0 Å². The molecule has 0 bridgehead atoms. The van der Waals surface area contributed by atoms with Crippen molar-refractivity contribution in [3.8, 4) is 0 Å². The maximum atomic E-state index is 13.5. The molecule has 140 valence electrons. The topological polar surface area (TPSA) is 66.8 Å². The quantitative estimate of drug-likeness (QED) is 0.626. The van der Waals surface area contributed by atoms with Crippen LogP contribution in [-0.4, -0.2) is 34.0 Å². The Labute approximate surface area is 147 Å². The van der Waals surface area contributed by atoms with Gasteiger partial charge in [-0.25, -0.2) is 0 Å². The smallest absolute Gasteiger partial charge is 0.318 e. The first-order valence-corrected chi connectivity index (χ1v) is 9.91. The Morgan fingerprint density at radius 2 is 1.54 bits per heavy atom. The van der Waals surface area contributed by atoms with Gasteiger partial charge in [-0.2, -0.15) is 0 Å². The van der Waals surface area contributed by atoms with Crippen LogP contribution in [0.1, 0.15) is 86.0 Å². The molecular formula is C20H36O4. The van der Waals surface area contributed by atoms with Gasteiger partial charge in [0.05, 0.1) is 17.8 Å². The van der Waals surface area contributed by atoms with Gasteiger partial charge in [0, 0.05) is 0 Å². The highest BCUT2D eigenvalue weighted by molar-refractivity contribution is 5.82. The van der Waals surface area contributed by atoms with E-state index in [1.165, 1.54) is 0 Å². The number of aliphatic hydroxyl groups is 2. The number of esters is 1. The summed E-state index contributed by atoms with van der Waals surface area (Å²) in [6.45, 7) is 9.76. The predicted molar refractivity (Wildman–Crippen MR) is 94.5 cm³/mol. The van der Waals surface area contributed by atoms with Gasteiger partial charge in [-0.3, -0.25) is 4.79 Å². The molecule has 0 aliphatic heterocycles. The average Bonchev–Trinajstić information content (AvgIpc) is 3.15. The molecule has 0 heterocycles. The lowest BCUT2D eigenvalue weighted by molar-refractivity contribution is -0.248. The van der Waals surface area contributed by atoms with Gasteiger partial charge < -0.3 is 14.9 Å². The van der Waals surface area contributed by atoms with Gasteiger partial charge in [-0.15, -0.1) is 0 Å². The molecule has 2 unspecified atom stereocenters. The summed E-state index contributed by atoms with van der Waals surface area (Å²) in [7, 11) is 0. The van der Waals surface area contributed by atoms with E-state index in [1.54, 1.807) is 6.92 Å². The highest BCUT2D eigenvalue weighted by Gasteiger charge is 2.81. The Hall–Kier alpha value is -0.610. The predicted octanol–water partition coefficient (Wildman–Crippen LogP) is 3.83. The monoisotopic (exact) mass is 340 g/mol. The third-order valence-corrected chi connectivity index (χ3v) is 7.47. The number of fused-ring (bicyclic) bond motifs is 1. The third-order valence-electron chi connectivity index (χ3n) is 7.47. The minimum absolute atomic E-state index is 0.272. The van der Waals surface area contributed by atoms with Crippen molar-refractivity contribution < 1.29 is 19.7 Å². The lowest BCUT2D eigenvalue weighted by Gasteiger charge is -2.57. The van der Waals surface area contributed by atoms with Crippen LogP contribution in [0.15, 0.2) is 0 Å². The van der Waals surface area contributed by atoms with Crippen molar-refractivity contribution in [3.05, 3.63) is 0 Å². The molecule has 0 amide bonds. The summed E-state index contributed by atoms with van der Waals surface area (Å²) in [6, 6.07) is 0. The first-order chi connectivity index (χ1) is 11.3. The van der Waals surface area contributed by atoms with Crippen LogP contribution >= 0.6 is 0 Å². The highest BCUT2D eigenvalue weighted by Crippen LogP contribution is 2.78. The second-order valence-electron chi connectivity index (χ2n) is 7.90. The summed E-state index contributed by atoms with van der Waals surface area (Å²) >= 11 is 0. The fourth-order valence-electron chi connectivity index (χ4n) is 6.12.